The third-order valence-electron chi connectivity index (χ3n) is 2.74. The van der Waals surface area contributed by atoms with Gasteiger partial charge in [-0.05, 0) is 45.2 Å². The number of nitrogens with one attached hydrogen (secondary N) is 1. The zero-order valence-electron chi connectivity index (χ0n) is 9.35. The molecule has 2 heteroatoms. The molecule has 0 aromatic heterocycles. The fraction of sp³-hybridized carbons (Fsp3) is 0.917. The van der Waals surface area contributed by atoms with Crippen LogP contribution in [0, 0.1) is 5.92 Å². The van der Waals surface area contributed by atoms with Gasteiger partial charge in [-0.3, -0.25) is 4.79 Å². The Balaban J connectivity index is 1.77. The summed E-state index contributed by atoms with van der Waals surface area (Å²) in [5.41, 5.74) is 0. The molecule has 0 saturated heterocycles. The Morgan fingerprint density at radius 1 is 1.21 bits per heavy atom. The number of ketones is 1. The lowest BCUT2D eigenvalue weighted by atomic mass is 10.1. The first-order valence-electron chi connectivity index (χ1n) is 6.08. The van der Waals surface area contributed by atoms with Crippen molar-refractivity contribution < 1.29 is 4.79 Å². The van der Waals surface area contributed by atoms with Crippen molar-refractivity contribution in [2.24, 2.45) is 5.92 Å². The first-order valence-corrected chi connectivity index (χ1v) is 6.08. The van der Waals surface area contributed by atoms with Crippen LogP contribution in [-0.2, 0) is 4.79 Å². The fourth-order valence-electron chi connectivity index (χ4n) is 1.64. The van der Waals surface area contributed by atoms with E-state index in [-0.39, 0.29) is 0 Å². The van der Waals surface area contributed by atoms with Gasteiger partial charge < -0.3 is 5.32 Å². The molecule has 1 rings (SSSR count). The number of unbranched alkanes of at least 4 members (excludes halogenated alkanes) is 2. The highest BCUT2D eigenvalue weighted by Gasteiger charge is 2.28. The first kappa shape index (κ1) is 11.7. The van der Waals surface area contributed by atoms with Gasteiger partial charge in [-0.2, -0.15) is 0 Å². The number of carbonyl (C=O) groups is 1. The third-order valence-corrected chi connectivity index (χ3v) is 2.74. The van der Waals surface area contributed by atoms with E-state index in [0.717, 1.165) is 38.8 Å². The number of hydrogen-bond acceptors (Lipinski definition) is 2. The molecule has 1 N–H and O–H groups in total. The van der Waals surface area contributed by atoms with Crippen LogP contribution >= 0.6 is 0 Å². The van der Waals surface area contributed by atoms with E-state index in [1.54, 1.807) is 0 Å². The van der Waals surface area contributed by atoms with E-state index in [1.165, 1.54) is 19.3 Å². The molecular weight excluding hydrogens is 174 g/mol. The van der Waals surface area contributed by atoms with Gasteiger partial charge in [-0.1, -0.05) is 13.3 Å². The van der Waals surface area contributed by atoms with Crippen molar-refractivity contribution in [2.45, 2.75) is 51.9 Å². The van der Waals surface area contributed by atoms with Gasteiger partial charge in [0, 0.05) is 12.3 Å². The predicted molar refractivity (Wildman–Crippen MR) is 59.4 cm³/mol. The molecule has 0 amide bonds. The van der Waals surface area contributed by atoms with Crippen LogP contribution in [0.2, 0.25) is 0 Å². The van der Waals surface area contributed by atoms with Crippen LogP contribution < -0.4 is 5.32 Å². The zero-order valence-corrected chi connectivity index (χ0v) is 9.35. The third kappa shape index (κ3) is 5.38. The van der Waals surface area contributed by atoms with Crippen LogP contribution in [-0.4, -0.2) is 18.9 Å². The van der Waals surface area contributed by atoms with Gasteiger partial charge >= 0.3 is 0 Å². The van der Waals surface area contributed by atoms with Crippen molar-refractivity contribution in [3.63, 3.8) is 0 Å². The molecule has 82 valence electrons. The summed E-state index contributed by atoms with van der Waals surface area (Å²) in [5.74, 6) is 0.986. The smallest absolute Gasteiger partial charge is 0.135 e. The Kier molecular flexibility index (Phi) is 5.85. The fourth-order valence-corrected chi connectivity index (χ4v) is 1.64. The van der Waals surface area contributed by atoms with Gasteiger partial charge in [0.2, 0.25) is 0 Å². The molecule has 0 aromatic rings. The van der Waals surface area contributed by atoms with E-state index in [9.17, 15) is 4.79 Å². The molecule has 0 aliphatic heterocycles. The molecule has 0 atom stereocenters. The molecule has 0 radical (unpaired) electrons. The summed E-state index contributed by atoms with van der Waals surface area (Å²) in [7, 11) is 0. The molecule has 0 unspecified atom stereocenters. The van der Waals surface area contributed by atoms with E-state index in [4.69, 9.17) is 0 Å². The van der Waals surface area contributed by atoms with Crippen LogP contribution in [0.15, 0.2) is 0 Å². The lowest BCUT2D eigenvalue weighted by molar-refractivity contribution is -0.120. The number of carbonyl (C=O) groups excluding carboxylic acids is 1. The van der Waals surface area contributed by atoms with Crippen LogP contribution in [0.4, 0.5) is 0 Å². The van der Waals surface area contributed by atoms with Crippen LogP contribution in [0.5, 0.6) is 0 Å². The van der Waals surface area contributed by atoms with Gasteiger partial charge in [-0.25, -0.2) is 0 Å². The predicted octanol–water partition coefficient (Wildman–Crippen LogP) is 2.53. The lowest BCUT2D eigenvalue weighted by Gasteiger charge is -2.02. The van der Waals surface area contributed by atoms with Crippen molar-refractivity contribution in [3.8, 4) is 0 Å². The maximum Gasteiger partial charge on any atom is 0.135 e. The van der Waals surface area contributed by atoms with Gasteiger partial charge in [0.05, 0.1) is 0 Å². The first-order chi connectivity index (χ1) is 6.84. The van der Waals surface area contributed by atoms with E-state index in [0.29, 0.717) is 11.7 Å². The average molecular weight is 197 g/mol. The minimum Gasteiger partial charge on any atom is -0.317 e. The molecule has 1 fully saturated rings. The maximum absolute atomic E-state index is 11.3. The summed E-state index contributed by atoms with van der Waals surface area (Å²) in [6, 6.07) is 0. The quantitative estimate of drug-likeness (QED) is 0.575. The van der Waals surface area contributed by atoms with E-state index < -0.39 is 0 Å². The van der Waals surface area contributed by atoms with E-state index >= 15 is 0 Å². The topological polar surface area (TPSA) is 29.1 Å². The molecule has 0 bridgehead atoms. The number of Topliss-reactive ketones (excluding diaryl/α,β-unsaturated/α-hetero) is 1. The molecular formula is C12H23NO. The molecule has 1 saturated carbocycles. The minimum absolute atomic E-state index is 0.466. The molecule has 0 spiro atoms. The Bertz CT molecular complexity index is 164. The van der Waals surface area contributed by atoms with Crippen LogP contribution in [0.1, 0.15) is 51.9 Å². The highest BCUT2D eigenvalue weighted by molar-refractivity contribution is 5.82. The van der Waals surface area contributed by atoms with E-state index in [2.05, 4.69) is 12.2 Å². The van der Waals surface area contributed by atoms with Crippen molar-refractivity contribution in [2.75, 3.05) is 13.1 Å². The SMILES string of the molecule is CCCNCCCCCC(=O)C1CC1. The monoisotopic (exact) mass is 197 g/mol. The molecule has 14 heavy (non-hydrogen) atoms. The highest BCUT2D eigenvalue weighted by Crippen LogP contribution is 2.31. The van der Waals surface area contributed by atoms with Crippen molar-refractivity contribution in [1.82, 2.24) is 5.32 Å². The summed E-state index contributed by atoms with van der Waals surface area (Å²) in [5, 5.41) is 3.37. The van der Waals surface area contributed by atoms with Crippen LogP contribution in [0.25, 0.3) is 0 Å². The zero-order chi connectivity index (χ0) is 10.2. The Morgan fingerprint density at radius 3 is 2.64 bits per heavy atom. The Morgan fingerprint density at radius 2 is 2.00 bits per heavy atom. The number of rotatable bonds is 9. The molecule has 1 aliphatic rings. The van der Waals surface area contributed by atoms with Gasteiger partial charge in [0.25, 0.3) is 0 Å². The second-order valence-corrected chi connectivity index (χ2v) is 4.30. The minimum atomic E-state index is 0.466. The van der Waals surface area contributed by atoms with Crippen molar-refractivity contribution in [3.05, 3.63) is 0 Å². The summed E-state index contributed by atoms with van der Waals surface area (Å²) in [4.78, 5) is 11.3. The number of hydrogen-bond donors (Lipinski definition) is 1. The Labute approximate surface area is 87.5 Å². The van der Waals surface area contributed by atoms with Gasteiger partial charge in [-0.15, -0.1) is 0 Å². The van der Waals surface area contributed by atoms with Gasteiger partial charge in [0.1, 0.15) is 5.78 Å². The molecule has 0 aromatic carbocycles. The van der Waals surface area contributed by atoms with Gasteiger partial charge in [0.15, 0.2) is 0 Å². The molecule has 1 aliphatic carbocycles. The summed E-state index contributed by atoms with van der Waals surface area (Å²) >= 11 is 0. The average Bonchev–Trinajstić information content (AvgIpc) is 2.99. The lowest BCUT2D eigenvalue weighted by Crippen LogP contribution is -2.15. The normalized spacial score (nSPS) is 15.8. The summed E-state index contributed by atoms with van der Waals surface area (Å²) < 4.78 is 0. The highest BCUT2D eigenvalue weighted by atomic mass is 16.1. The second-order valence-electron chi connectivity index (χ2n) is 4.30. The Hall–Kier alpha value is -0.370. The summed E-state index contributed by atoms with van der Waals surface area (Å²) in [6.07, 6.45) is 7.89. The second kappa shape index (κ2) is 6.99. The van der Waals surface area contributed by atoms with Crippen molar-refractivity contribution in [1.29, 1.82) is 0 Å². The van der Waals surface area contributed by atoms with Crippen molar-refractivity contribution >= 4 is 5.78 Å². The van der Waals surface area contributed by atoms with Crippen LogP contribution in [0.3, 0.4) is 0 Å². The standard InChI is InChI=1S/C12H23NO/c1-2-9-13-10-5-3-4-6-12(14)11-7-8-11/h11,13H,2-10H2,1H3. The summed E-state index contributed by atoms with van der Waals surface area (Å²) in [6.45, 7) is 4.42. The van der Waals surface area contributed by atoms with E-state index in [1.807, 2.05) is 0 Å². The largest absolute Gasteiger partial charge is 0.317 e. The molecule has 2 nitrogen and oxygen atoms in total. The molecule has 0 heterocycles. The maximum atomic E-state index is 11.3.